The van der Waals surface area contributed by atoms with Gasteiger partial charge < -0.3 is 26.0 Å². The van der Waals surface area contributed by atoms with Gasteiger partial charge >= 0.3 is 0 Å². The average Bonchev–Trinajstić information content (AvgIpc) is 3.81. The lowest BCUT2D eigenvalue weighted by Crippen LogP contribution is -2.59. The highest BCUT2D eigenvalue weighted by molar-refractivity contribution is 9.10. The molecule has 238 valence electrons. The number of nitrogens with zero attached hydrogens (tertiary/aromatic N) is 3. The van der Waals surface area contributed by atoms with Crippen molar-refractivity contribution in [2.24, 2.45) is 0 Å². The summed E-state index contributed by atoms with van der Waals surface area (Å²) >= 11 is 15.4. The van der Waals surface area contributed by atoms with Gasteiger partial charge in [0.15, 0.2) is 5.82 Å². The van der Waals surface area contributed by atoms with Gasteiger partial charge in [0.1, 0.15) is 15.7 Å². The van der Waals surface area contributed by atoms with E-state index in [1.807, 2.05) is 13.0 Å². The predicted octanol–water partition coefficient (Wildman–Crippen LogP) is 5.18. The van der Waals surface area contributed by atoms with E-state index < -0.39 is 28.7 Å². The van der Waals surface area contributed by atoms with E-state index in [2.05, 4.69) is 42.9 Å². The Morgan fingerprint density at radius 3 is 2.48 bits per heavy atom. The quantitative estimate of drug-likeness (QED) is 0.166. The number of hydrogen-bond acceptors (Lipinski definition) is 7. The van der Waals surface area contributed by atoms with Crippen LogP contribution in [0.5, 0.6) is 0 Å². The number of halogens is 4. The van der Waals surface area contributed by atoms with Gasteiger partial charge in [-0.25, -0.2) is 9.37 Å². The molecule has 2 amide bonds. The van der Waals surface area contributed by atoms with E-state index in [-0.39, 0.29) is 46.3 Å². The van der Waals surface area contributed by atoms with Crippen molar-refractivity contribution in [1.82, 2.24) is 20.9 Å². The maximum atomic E-state index is 14.3. The van der Waals surface area contributed by atoms with Crippen LogP contribution in [0.15, 0.2) is 83.1 Å². The van der Waals surface area contributed by atoms with Crippen LogP contribution in [0.2, 0.25) is 10.0 Å². The van der Waals surface area contributed by atoms with Gasteiger partial charge in [0, 0.05) is 30.5 Å². The van der Waals surface area contributed by atoms with Crippen molar-refractivity contribution < 1.29 is 19.1 Å². The van der Waals surface area contributed by atoms with Gasteiger partial charge in [-0.1, -0.05) is 47.5 Å². The third-order valence-electron chi connectivity index (χ3n) is 8.00. The summed E-state index contributed by atoms with van der Waals surface area (Å²) in [6.07, 6.45) is 5.83. The van der Waals surface area contributed by atoms with Crippen molar-refractivity contribution in [2.75, 3.05) is 11.4 Å². The van der Waals surface area contributed by atoms with E-state index in [9.17, 15) is 24.3 Å². The molecule has 1 saturated carbocycles. The highest BCUT2D eigenvalue weighted by Gasteiger charge is 2.50. The molecule has 9 nitrogen and oxygen atoms in total. The summed E-state index contributed by atoms with van der Waals surface area (Å²) in [6, 6.07) is 14.7. The maximum Gasteiger partial charge on any atom is 0.253 e. The number of anilines is 1. The van der Waals surface area contributed by atoms with Crippen LogP contribution in [-0.2, 0) is 16.0 Å². The number of aromatic nitrogens is 1. The largest absolute Gasteiger partial charge is 0.859 e. The Labute approximate surface area is 284 Å². The minimum Gasteiger partial charge on any atom is -0.859 e. The third-order valence-corrected chi connectivity index (χ3v) is 9.02. The fourth-order valence-electron chi connectivity index (χ4n) is 5.21. The van der Waals surface area contributed by atoms with E-state index in [0.29, 0.717) is 23.0 Å². The lowest BCUT2D eigenvalue weighted by molar-refractivity contribution is -0.315. The lowest BCUT2D eigenvalue weighted by Gasteiger charge is -2.39. The molecule has 1 aliphatic carbocycles. The molecule has 3 aromatic rings. The molecule has 2 aliphatic rings. The summed E-state index contributed by atoms with van der Waals surface area (Å²) in [4.78, 5) is 33.2. The molecule has 2 unspecified atom stereocenters. The Hall–Kier alpha value is -4.11. The number of rotatable bonds is 8. The first-order chi connectivity index (χ1) is 21.8. The van der Waals surface area contributed by atoms with Crippen molar-refractivity contribution in [1.29, 1.82) is 5.26 Å². The van der Waals surface area contributed by atoms with Crippen LogP contribution in [0.1, 0.15) is 49.4 Å². The van der Waals surface area contributed by atoms with E-state index in [1.165, 1.54) is 17.0 Å². The monoisotopic (exact) mass is 725 g/mol. The van der Waals surface area contributed by atoms with E-state index >= 15 is 0 Å². The number of benzene rings is 2. The zero-order chi connectivity index (χ0) is 33.2. The molecule has 46 heavy (non-hydrogen) atoms. The number of carbonyl (C=O) groups is 2. The van der Waals surface area contributed by atoms with Crippen LogP contribution in [0, 0.1) is 17.1 Å². The first-order valence-electron chi connectivity index (χ1n) is 14.4. The number of allylic oxidation sites excluding steroid dienone is 1. The molecule has 0 bridgehead atoms. The molecule has 2 aromatic carbocycles. The van der Waals surface area contributed by atoms with Crippen LogP contribution < -0.4 is 26.0 Å². The summed E-state index contributed by atoms with van der Waals surface area (Å²) in [5.41, 5.74) is -0.170. The number of carbonyl (C=O) groups excluding carboxylic acids is 2. The topological polar surface area (TPSA) is 133 Å². The first-order valence-corrected chi connectivity index (χ1v) is 15.9. The Balaban J connectivity index is 1.45. The standard InChI is InChI=1S/C33H30BrCl2FN6O3/c1-19(22-9-10-27(34)39-18-22)40-30(45)33(11-12-33)42-29(44)26-4-3-13-43(23-14-24(35)28(37)25(36)15-23)31(46)32(2,41-26)16-20-5-7-21(17-38)8-6-20/h3-10,14-15,18-19,41-42,44H,11-13,16H2,1-2H3,(H,40,45)/p-1. The molecule has 1 fully saturated rings. The molecule has 5 rings (SSSR count). The molecule has 0 radical (unpaired) electrons. The molecule has 1 aromatic heterocycles. The molecule has 1 aliphatic heterocycles. The Kier molecular flexibility index (Phi) is 9.63. The Bertz CT molecular complexity index is 1750. The fourth-order valence-corrected chi connectivity index (χ4v) is 5.92. The van der Waals surface area contributed by atoms with E-state index in [4.69, 9.17) is 23.2 Å². The molecule has 2 atom stereocenters. The number of hydrogen-bond donors (Lipinski definition) is 3. The number of nitriles is 1. The average molecular weight is 727 g/mol. The highest BCUT2D eigenvalue weighted by atomic mass is 79.9. The SMILES string of the molecule is CC(NC(=O)C1(NC([O-])=C2C=CCN(c3cc(Cl)c(F)c(Cl)c3)C(=O)C(C)(Cc3ccc(C#N)cc3)N2)CC1)c1ccc(Br)nc1. The van der Waals surface area contributed by atoms with Crippen LogP contribution in [-0.4, -0.2) is 34.4 Å². The van der Waals surface area contributed by atoms with Gasteiger partial charge in [0.05, 0.1) is 27.7 Å². The maximum absolute atomic E-state index is 14.3. The van der Waals surface area contributed by atoms with Gasteiger partial charge in [-0.3, -0.25) is 9.59 Å². The summed E-state index contributed by atoms with van der Waals surface area (Å²) in [5.74, 6) is -2.11. The van der Waals surface area contributed by atoms with Gasteiger partial charge in [-0.2, -0.15) is 5.26 Å². The van der Waals surface area contributed by atoms with Crippen molar-refractivity contribution >= 4 is 56.6 Å². The number of pyridine rings is 1. The van der Waals surface area contributed by atoms with Crippen LogP contribution in [0.3, 0.4) is 0 Å². The van der Waals surface area contributed by atoms with Crippen molar-refractivity contribution in [3.05, 3.63) is 116 Å². The summed E-state index contributed by atoms with van der Waals surface area (Å²) in [5, 5.41) is 31.5. The number of amides is 2. The number of nitrogens with one attached hydrogen (secondary N) is 3. The minimum atomic E-state index is -1.42. The van der Waals surface area contributed by atoms with Gasteiger partial charge in [-0.05, 0) is 96.0 Å². The second-order valence-electron chi connectivity index (χ2n) is 11.5. The second kappa shape index (κ2) is 13.3. The molecule has 0 saturated heterocycles. The summed E-state index contributed by atoms with van der Waals surface area (Å²) in [6.45, 7) is 3.50. The predicted molar refractivity (Wildman–Crippen MR) is 175 cm³/mol. The Morgan fingerprint density at radius 1 is 1.22 bits per heavy atom. The Morgan fingerprint density at radius 2 is 1.89 bits per heavy atom. The van der Waals surface area contributed by atoms with Gasteiger partial charge in [0.2, 0.25) is 5.91 Å². The minimum absolute atomic E-state index is 0.0168. The van der Waals surface area contributed by atoms with Crippen molar-refractivity contribution in [3.8, 4) is 6.07 Å². The zero-order valence-corrected chi connectivity index (χ0v) is 27.9. The molecular weight excluding hydrogens is 698 g/mol. The first kappa shape index (κ1) is 33.3. The lowest BCUT2D eigenvalue weighted by atomic mass is 9.89. The van der Waals surface area contributed by atoms with Crippen LogP contribution in [0.25, 0.3) is 0 Å². The summed E-state index contributed by atoms with van der Waals surface area (Å²) in [7, 11) is 0. The second-order valence-corrected chi connectivity index (χ2v) is 13.2. The zero-order valence-electron chi connectivity index (χ0n) is 24.8. The molecule has 13 heteroatoms. The molecule has 3 N–H and O–H groups in total. The van der Waals surface area contributed by atoms with E-state index in [0.717, 1.165) is 11.1 Å². The fraction of sp³-hybridized carbons (Fsp3) is 0.273. The normalized spacial score (nSPS) is 20.5. The molecule has 2 heterocycles. The summed E-state index contributed by atoms with van der Waals surface area (Å²) < 4.78 is 14.9. The van der Waals surface area contributed by atoms with E-state index in [1.54, 1.807) is 55.6 Å². The van der Waals surface area contributed by atoms with Crippen molar-refractivity contribution in [2.45, 2.75) is 50.2 Å². The molecular formula is C33H29BrCl2FN6O3-. The van der Waals surface area contributed by atoms with Crippen LogP contribution in [0.4, 0.5) is 10.1 Å². The smallest absolute Gasteiger partial charge is 0.253 e. The van der Waals surface area contributed by atoms with Gasteiger partial charge in [0.25, 0.3) is 5.91 Å². The highest BCUT2D eigenvalue weighted by Crippen LogP contribution is 2.37. The van der Waals surface area contributed by atoms with Gasteiger partial charge in [-0.15, -0.1) is 0 Å². The van der Waals surface area contributed by atoms with Crippen LogP contribution >= 0.6 is 39.1 Å². The molecule has 0 spiro atoms. The van der Waals surface area contributed by atoms with Crippen molar-refractivity contribution in [3.63, 3.8) is 0 Å². The third kappa shape index (κ3) is 7.15.